The zero-order valence-corrected chi connectivity index (χ0v) is 16.4. The number of aliphatic hydroxyl groups excluding tert-OH is 1. The maximum Gasteiger partial charge on any atom is 0.219 e. The first-order valence-electron chi connectivity index (χ1n) is 10.2. The number of fused-ring (bicyclic) bond motifs is 1. The SMILES string of the molecule is OCCCOc1c2ccccc2nn1CCC(c1ccccc1)c1ccccc1. The number of ether oxygens (including phenoxy) is 1. The summed E-state index contributed by atoms with van der Waals surface area (Å²) in [6.07, 6.45) is 1.52. The lowest BCUT2D eigenvalue weighted by molar-refractivity contribution is 0.222. The minimum atomic E-state index is 0.121. The number of rotatable bonds is 9. The number of aromatic nitrogens is 2. The Morgan fingerprint density at radius 3 is 2.10 bits per heavy atom. The van der Waals surface area contributed by atoms with Crippen molar-refractivity contribution >= 4 is 10.9 Å². The van der Waals surface area contributed by atoms with Gasteiger partial charge in [0, 0.05) is 25.5 Å². The highest BCUT2D eigenvalue weighted by atomic mass is 16.5. The van der Waals surface area contributed by atoms with Crippen LogP contribution in [0.3, 0.4) is 0 Å². The van der Waals surface area contributed by atoms with Gasteiger partial charge >= 0.3 is 0 Å². The summed E-state index contributed by atoms with van der Waals surface area (Å²) in [5, 5.41) is 14.9. The van der Waals surface area contributed by atoms with E-state index >= 15 is 0 Å². The number of nitrogens with zero attached hydrogens (tertiary/aromatic N) is 2. The fourth-order valence-electron chi connectivity index (χ4n) is 3.74. The molecular formula is C25H26N2O2. The lowest BCUT2D eigenvalue weighted by atomic mass is 9.88. The number of benzene rings is 3. The fraction of sp³-hybridized carbons (Fsp3) is 0.240. The van der Waals surface area contributed by atoms with Crippen molar-refractivity contribution in [2.75, 3.05) is 13.2 Å². The summed E-state index contributed by atoms with van der Waals surface area (Å²) in [6.45, 7) is 1.35. The zero-order valence-electron chi connectivity index (χ0n) is 16.4. The molecule has 1 aromatic heterocycles. The van der Waals surface area contributed by atoms with Crippen LogP contribution < -0.4 is 4.74 Å². The quantitative estimate of drug-likeness (QED) is 0.411. The summed E-state index contributed by atoms with van der Waals surface area (Å²) < 4.78 is 7.99. The second kappa shape index (κ2) is 9.39. The number of aryl methyl sites for hydroxylation is 1. The molecule has 0 spiro atoms. The van der Waals surface area contributed by atoms with Crippen molar-refractivity contribution in [3.8, 4) is 5.88 Å². The topological polar surface area (TPSA) is 47.3 Å². The van der Waals surface area contributed by atoms with Gasteiger partial charge in [-0.15, -0.1) is 0 Å². The summed E-state index contributed by atoms with van der Waals surface area (Å²) >= 11 is 0. The van der Waals surface area contributed by atoms with E-state index in [1.165, 1.54) is 11.1 Å². The first-order valence-corrected chi connectivity index (χ1v) is 10.2. The van der Waals surface area contributed by atoms with Crippen molar-refractivity contribution < 1.29 is 9.84 Å². The third kappa shape index (κ3) is 4.49. The van der Waals surface area contributed by atoms with E-state index in [9.17, 15) is 0 Å². The minimum Gasteiger partial charge on any atom is -0.477 e. The Morgan fingerprint density at radius 1 is 0.828 bits per heavy atom. The molecule has 4 aromatic rings. The van der Waals surface area contributed by atoms with E-state index in [2.05, 4.69) is 60.7 Å². The Hall–Kier alpha value is -3.11. The highest BCUT2D eigenvalue weighted by Crippen LogP contribution is 2.31. The van der Waals surface area contributed by atoms with Gasteiger partial charge in [0.2, 0.25) is 5.88 Å². The number of aliphatic hydroxyl groups is 1. The van der Waals surface area contributed by atoms with Gasteiger partial charge in [0.15, 0.2) is 0 Å². The molecular weight excluding hydrogens is 360 g/mol. The van der Waals surface area contributed by atoms with Gasteiger partial charge in [0.25, 0.3) is 0 Å². The Bertz CT molecular complexity index is 989. The molecule has 29 heavy (non-hydrogen) atoms. The summed E-state index contributed by atoms with van der Waals surface area (Å²) in [5.74, 6) is 1.07. The summed E-state index contributed by atoms with van der Waals surface area (Å²) in [6, 6.07) is 29.3. The highest BCUT2D eigenvalue weighted by Gasteiger charge is 2.17. The van der Waals surface area contributed by atoms with E-state index < -0.39 is 0 Å². The van der Waals surface area contributed by atoms with Crippen molar-refractivity contribution in [2.45, 2.75) is 25.3 Å². The molecule has 0 aliphatic rings. The van der Waals surface area contributed by atoms with Crippen molar-refractivity contribution in [2.24, 2.45) is 0 Å². The zero-order chi connectivity index (χ0) is 19.9. The normalized spacial score (nSPS) is 11.2. The van der Waals surface area contributed by atoms with E-state index in [0.717, 1.165) is 29.7 Å². The molecule has 0 atom stereocenters. The predicted molar refractivity (Wildman–Crippen MR) is 116 cm³/mol. The Morgan fingerprint density at radius 2 is 1.45 bits per heavy atom. The maximum absolute atomic E-state index is 9.10. The first-order chi connectivity index (χ1) is 14.4. The molecule has 0 aliphatic carbocycles. The van der Waals surface area contributed by atoms with Crippen LogP contribution in [0.15, 0.2) is 84.9 Å². The monoisotopic (exact) mass is 386 g/mol. The summed E-state index contributed by atoms with van der Waals surface area (Å²) in [4.78, 5) is 0. The van der Waals surface area contributed by atoms with Crippen LogP contribution in [0.2, 0.25) is 0 Å². The second-order valence-corrected chi connectivity index (χ2v) is 7.13. The molecule has 0 saturated heterocycles. The van der Waals surface area contributed by atoms with Crippen molar-refractivity contribution in [3.63, 3.8) is 0 Å². The third-order valence-electron chi connectivity index (χ3n) is 5.17. The molecule has 3 aromatic carbocycles. The largest absolute Gasteiger partial charge is 0.477 e. The molecule has 0 bridgehead atoms. The van der Waals surface area contributed by atoms with Crippen LogP contribution in [0.25, 0.3) is 10.9 Å². The average Bonchev–Trinajstić information content (AvgIpc) is 3.13. The summed E-state index contributed by atoms with van der Waals surface area (Å²) in [5.41, 5.74) is 3.54. The Labute approximate surface area is 171 Å². The van der Waals surface area contributed by atoms with Crippen LogP contribution in [-0.2, 0) is 6.54 Å². The van der Waals surface area contributed by atoms with Crippen LogP contribution in [0.4, 0.5) is 0 Å². The molecule has 1 N–H and O–H groups in total. The van der Waals surface area contributed by atoms with Crippen molar-refractivity contribution in [3.05, 3.63) is 96.1 Å². The van der Waals surface area contributed by atoms with Gasteiger partial charge in [0.05, 0.1) is 17.5 Å². The minimum absolute atomic E-state index is 0.121. The van der Waals surface area contributed by atoms with Gasteiger partial charge in [-0.2, -0.15) is 5.10 Å². The van der Waals surface area contributed by atoms with Crippen LogP contribution >= 0.6 is 0 Å². The molecule has 4 nitrogen and oxygen atoms in total. The van der Waals surface area contributed by atoms with Crippen molar-refractivity contribution in [1.82, 2.24) is 9.78 Å². The molecule has 0 fully saturated rings. The smallest absolute Gasteiger partial charge is 0.219 e. The van der Waals surface area contributed by atoms with Gasteiger partial charge < -0.3 is 9.84 Å². The maximum atomic E-state index is 9.10. The van der Waals surface area contributed by atoms with Gasteiger partial charge in [-0.1, -0.05) is 72.8 Å². The molecule has 4 heteroatoms. The average molecular weight is 386 g/mol. The van der Waals surface area contributed by atoms with E-state index in [1.807, 2.05) is 28.9 Å². The first kappa shape index (κ1) is 19.2. The molecule has 0 saturated carbocycles. The van der Waals surface area contributed by atoms with Gasteiger partial charge in [-0.05, 0) is 29.7 Å². The predicted octanol–water partition coefficient (Wildman–Crippen LogP) is 5.02. The van der Waals surface area contributed by atoms with E-state index in [4.69, 9.17) is 14.9 Å². The number of hydrogen-bond donors (Lipinski definition) is 1. The molecule has 0 unspecified atom stereocenters. The van der Waals surface area contributed by atoms with Gasteiger partial charge in [0.1, 0.15) is 0 Å². The van der Waals surface area contributed by atoms with Crippen LogP contribution in [0.1, 0.15) is 29.9 Å². The van der Waals surface area contributed by atoms with E-state index in [-0.39, 0.29) is 12.5 Å². The van der Waals surface area contributed by atoms with E-state index in [1.54, 1.807) is 0 Å². The molecule has 0 aliphatic heterocycles. The number of hydrogen-bond acceptors (Lipinski definition) is 3. The van der Waals surface area contributed by atoms with Crippen LogP contribution in [0.5, 0.6) is 5.88 Å². The van der Waals surface area contributed by atoms with Crippen LogP contribution in [-0.4, -0.2) is 28.1 Å². The molecule has 0 amide bonds. The van der Waals surface area contributed by atoms with Crippen molar-refractivity contribution in [1.29, 1.82) is 0 Å². The van der Waals surface area contributed by atoms with E-state index in [0.29, 0.717) is 13.0 Å². The second-order valence-electron chi connectivity index (χ2n) is 7.13. The Kier molecular flexibility index (Phi) is 6.22. The van der Waals surface area contributed by atoms with Gasteiger partial charge in [-0.3, -0.25) is 0 Å². The molecule has 0 radical (unpaired) electrons. The lowest BCUT2D eigenvalue weighted by Crippen LogP contribution is -2.11. The standard InChI is InChI=1S/C25H26N2O2/c28-18-9-19-29-25-23-14-7-8-15-24(23)26-27(25)17-16-22(20-10-3-1-4-11-20)21-12-5-2-6-13-21/h1-8,10-15,22,28H,9,16-19H2. The lowest BCUT2D eigenvalue weighted by Gasteiger charge is -2.19. The van der Waals surface area contributed by atoms with Crippen LogP contribution in [0, 0.1) is 0 Å². The molecule has 4 rings (SSSR count). The summed E-state index contributed by atoms with van der Waals surface area (Å²) in [7, 11) is 0. The van der Waals surface area contributed by atoms with Gasteiger partial charge in [-0.25, -0.2) is 4.68 Å². The molecule has 1 heterocycles. The fourth-order valence-corrected chi connectivity index (χ4v) is 3.74. The molecule has 148 valence electrons. The highest BCUT2D eigenvalue weighted by molar-refractivity contribution is 5.84. The Balaban J connectivity index is 1.62. The third-order valence-corrected chi connectivity index (χ3v) is 5.17.